The molecular weight excluding hydrogens is 326 g/mol. The first-order valence-corrected chi connectivity index (χ1v) is 9.17. The van der Waals surface area contributed by atoms with Gasteiger partial charge in [-0.2, -0.15) is 0 Å². The van der Waals surface area contributed by atoms with Gasteiger partial charge in [-0.3, -0.25) is 0 Å². The summed E-state index contributed by atoms with van der Waals surface area (Å²) in [6.07, 6.45) is 5.85. The zero-order valence-corrected chi connectivity index (χ0v) is 14.8. The Balaban J connectivity index is 1.77. The van der Waals surface area contributed by atoms with E-state index in [0.29, 0.717) is 10.9 Å². The van der Waals surface area contributed by atoms with Crippen molar-refractivity contribution in [1.82, 2.24) is 0 Å². The molecule has 2 aromatic rings. The fraction of sp³-hybridized carbons (Fsp3) is 0.429. The van der Waals surface area contributed by atoms with Gasteiger partial charge in [0.1, 0.15) is 11.6 Å². The molecule has 0 aromatic heterocycles. The van der Waals surface area contributed by atoms with Crippen molar-refractivity contribution in [2.75, 3.05) is 0 Å². The molecule has 0 heterocycles. The second kappa shape index (κ2) is 7.65. The zero-order chi connectivity index (χ0) is 17.1. The molecule has 1 saturated carbocycles. The summed E-state index contributed by atoms with van der Waals surface area (Å²) in [6, 6.07) is 10.2. The lowest BCUT2D eigenvalue weighted by Crippen LogP contribution is -2.13. The summed E-state index contributed by atoms with van der Waals surface area (Å²) in [6.45, 7) is 2.22. The first-order chi connectivity index (χ1) is 11.6. The Hall–Kier alpha value is -1.41. The average molecular weight is 349 g/mol. The highest BCUT2D eigenvalue weighted by atomic mass is 35.5. The molecule has 0 amide bonds. The summed E-state index contributed by atoms with van der Waals surface area (Å²) < 4.78 is 29.0. The maximum Gasteiger partial charge on any atom is 0.129 e. The Kier molecular flexibility index (Phi) is 5.55. The molecule has 24 heavy (non-hydrogen) atoms. The highest BCUT2D eigenvalue weighted by Crippen LogP contribution is 2.38. The van der Waals surface area contributed by atoms with Crippen LogP contribution in [0.1, 0.15) is 61.6 Å². The van der Waals surface area contributed by atoms with Crippen LogP contribution in [0.25, 0.3) is 0 Å². The molecule has 0 unspecified atom stereocenters. The fourth-order valence-corrected chi connectivity index (χ4v) is 3.86. The van der Waals surface area contributed by atoms with E-state index in [-0.39, 0.29) is 12.0 Å². The third-order valence-electron chi connectivity index (χ3n) is 5.35. The lowest BCUT2D eigenvalue weighted by Gasteiger charge is -2.28. The van der Waals surface area contributed by atoms with Gasteiger partial charge in [0.25, 0.3) is 0 Å². The van der Waals surface area contributed by atoms with Gasteiger partial charge in [-0.05, 0) is 72.9 Å². The van der Waals surface area contributed by atoms with E-state index in [0.717, 1.165) is 42.7 Å². The minimum atomic E-state index is -0.433. The van der Waals surface area contributed by atoms with Crippen molar-refractivity contribution in [2.24, 2.45) is 5.92 Å². The molecule has 1 aliphatic carbocycles. The third kappa shape index (κ3) is 3.97. The van der Waals surface area contributed by atoms with E-state index in [1.165, 1.54) is 6.42 Å². The maximum atomic E-state index is 14.5. The van der Waals surface area contributed by atoms with Crippen molar-refractivity contribution in [1.29, 1.82) is 0 Å². The molecule has 0 bridgehead atoms. The van der Waals surface area contributed by atoms with E-state index in [9.17, 15) is 8.78 Å². The molecule has 128 valence electrons. The summed E-state index contributed by atoms with van der Waals surface area (Å²) >= 11 is 5.86. The molecule has 0 saturated heterocycles. The number of rotatable bonds is 4. The van der Waals surface area contributed by atoms with Crippen LogP contribution in [0, 0.1) is 17.6 Å². The molecule has 0 radical (unpaired) electrons. The fourth-order valence-electron chi connectivity index (χ4n) is 3.74. The van der Waals surface area contributed by atoms with Crippen LogP contribution < -0.4 is 0 Å². The van der Waals surface area contributed by atoms with Crippen LogP contribution in [-0.4, -0.2) is 0 Å². The molecule has 0 spiro atoms. The van der Waals surface area contributed by atoms with Crippen LogP contribution in [0.3, 0.4) is 0 Å². The van der Waals surface area contributed by atoms with E-state index >= 15 is 0 Å². The van der Waals surface area contributed by atoms with Crippen LogP contribution in [0.5, 0.6) is 0 Å². The van der Waals surface area contributed by atoms with Crippen molar-refractivity contribution in [2.45, 2.75) is 51.4 Å². The van der Waals surface area contributed by atoms with E-state index in [1.54, 1.807) is 36.4 Å². The third-order valence-corrected chi connectivity index (χ3v) is 5.61. The van der Waals surface area contributed by atoms with Crippen molar-refractivity contribution < 1.29 is 8.78 Å². The maximum absolute atomic E-state index is 14.5. The van der Waals surface area contributed by atoms with Gasteiger partial charge in [-0.15, -0.1) is 0 Å². The summed E-state index contributed by atoms with van der Waals surface area (Å²) in [5.74, 6) is 0.205. The predicted molar refractivity (Wildman–Crippen MR) is 95.6 cm³/mol. The zero-order valence-electron chi connectivity index (χ0n) is 14.0. The second-order valence-corrected chi connectivity index (χ2v) is 7.33. The number of halogens is 3. The van der Waals surface area contributed by atoms with Gasteiger partial charge >= 0.3 is 0 Å². The molecule has 0 atom stereocenters. The Morgan fingerprint density at radius 3 is 2.08 bits per heavy atom. The standard InChI is InChI=1S/C21H23ClF2/c1-2-14-3-7-16(8-4-14)17-12-20(23)19(21(24)13-17)11-15-5-9-18(22)10-6-15/h5-6,9-10,12-14,16H,2-4,7-8,11H2,1H3. The van der Waals surface area contributed by atoms with Gasteiger partial charge in [-0.25, -0.2) is 8.78 Å². The SMILES string of the molecule is CCC1CCC(c2cc(F)c(Cc3ccc(Cl)cc3)c(F)c2)CC1. The topological polar surface area (TPSA) is 0 Å². The monoisotopic (exact) mass is 348 g/mol. The largest absolute Gasteiger partial charge is 0.207 e. The smallest absolute Gasteiger partial charge is 0.129 e. The second-order valence-electron chi connectivity index (χ2n) is 6.89. The predicted octanol–water partition coefficient (Wildman–Crippen LogP) is 6.89. The first-order valence-electron chi connectivity index (χ1n) is 8.79. The number of benzene rings is 2. The van der Waals surface area contributed by atoms with E-state index in [1.807, 2.05) is 0 Å². The van der Waals surface area contributed by atoms with Gasteiger partial charge < -0.3 is 0 Å². The minimum absolute atomic E-state index is 0.142. The summed E-state index contributed by atoms with van der Waals surface area (Å²) in [4.78, 5) is 0. The summed E-state index contributed by atoms with van der Waals surface area (Å²) in [5, 5.41) is 0.623. The van der Waals surface area contributed by atoms with Crippen molar-refractivity contribution in [3.05, 3.63) is 69.7 Å². The Morgan fingerprint density at radius 1 is 0.958 bits per heavy atom. The van der Waals surface area contributed by atoms with E-state index in [4.69, 9.17) is 11.6 Å². The van der Waals surface area contributed by atoms with E-state index in [2.05, 4.69) is 6.92 Å². The van der Waals surface area contributed by atoms with Crippen molar-refractivity contribution in [3.63, 3.8) is 0 Å². The number of hydrogen-bond acceptors (Lipinski definition) is 0. The van der Waals surface area contributed by atoms with Gasteiger partial charge in [0.15, 0.2) is 0 Å². The molecule has 3 heteroatoms. The molecule has 1 fully saturated rings. The average Bonchev–Trinajstić information content (AvgIpc) is 2.59. The lowest BCUT2D eigenvalue weighted by molar-refractivity contribution is 0.317. The Bertz CT molecular complexity index is 662. The summed E-state index contributed by atoms with van der Waals surface area (Å²) in [5.41, 5.74) is 1.82. The number of hydrogen-bond donors (Lipinski definition) is 0. The molecule has 0 N–H and O–H groups in total. The quantitative estimate of drug-likeness (QED) is 0.564. The molecule has 3 rings (SSSR count). The molecule has 0 nitrogen and oxygen atoms in total. The van der Waals surface area contributed by atoms with Gasteiger partial charge in [0.05, 0.1) is 0 Å². The molecule has 2 aromatic carbocycles. The Morgan fingerprint density at radius 2 is 1.54 bits per heavy atom. The Labute approximate surface area is 147 Å². The van der Waals surface area contributed by atoms with Crippen LogP contribution in [0.2, 0.25) is 5.02 Å². The van der Waals surface area contributed by atoms with Crippen molar-refractivity contribution >= 4 is 11.6 Å². The highest BCUT2D eigenvalue weighted by molar-refractivity contribution is 6.30. The van der Waals surface area contributed by atoms with Gasteiger partial charge in [-0.1, -0.05) is 37.1 Å². The normalized spacial score (nSPS) is 21.0. The summed E-state index contributed by atoms with van der Waals surface area (Å²) in [7, 11) is 0. The molecular formula is C21H23ClF2. The minimum Gasteiger partial charge on any atom is -0.207 e. The van der Waals surface area contributed by atoms with Crippen LogP contribution in [0.4, 0.5) is 8.78 Å². The molecule has 0 aliphatic heterocycles. The van der Waals surface area contributed by atoms with Crippen molar-refractivity contribution in [3.8, 4) is 0 Å². The first kappa shape index (κ1) is 17.4. The van der Waals surface area contributed by atoms with Crippen LogP contribution >= 0.6 is 11.6 Å². The van der Waals surface area contributed by atoms with E-state index < -0.39 is 11.6 Å². The van der Waals surface area contributed by atoms with Gasteiger partial charge in [0.2, 0.25) is 0 Å². The molecule has 1 aliphatic rings. The van der Waals surface area contributed by atoms with Gasteiger partial charge in [0, 0.05) is 17.0 Å². The van der Waals surface area contributed by atoms with Crippen LogP contribution in [0.15, 0.2) is 36.4 Å². The van der Waals surface area contributed by atoms with Crippen LogP contribution in [-0.2, 0) is 6.42 Å². The highest BCUT2D eigenvalue weighted by Gasteiger charge is 2.23. The lowest BCUT2D eigenvalue weighted by atomic mass is 9.77.